The molecule has 0 unspecified atom stereocenters. The van der Waals surface area contributed by atoms with Crippen LogP contribution in [-0.2, 0) is 6.54 Å². The van der Waals surface area contributed by atoms with Crippen molar-refractivity contribution in [3.8, 4) is 0 Å². The van der Waals surface area contributed by atoms with Gasteiger partial charge in [0.25, 0.3) is 0 Å². The second-order valence-corrected chi connectivity index (χ2v) is 7.52. The number of amides is 2. The largest absolute Gasteiger partial charge is 0.334 e. The highest BCUT2D eigenvalue weighted by Gasteiger charge is 2.25. The summed E-state index contributed by atoms with van der Waals surface area (Å²) in [7, 11) is 0. The number of aromatic amines is 1. The molecule has 3 heterocycles. The third kappa shape index (κ3) is 3.37. The summed E-state index contributed by atoms with van der Waals surface area (Å²) in [5.74, 6) is 0.456. The molecule has 6 nitrogen and oxygen atoms in total. The summed E-state index contributed by atoms with van der Waals surface area (Å²) in [5, 5.41) is 11.1. The number of aromatic nitrogens is 3. The Balaban J connectivity index is 1.33. The van der Waals surface area contributed by atoms with E-state index in [1.807, 2.05) is 17.9 Å². The molecular weight excluding hydrogens is 334 g/mol. The van der Waals surface area contributed by atoms with Gasteiger partial charge in [0.2, 0.25) is 0 Å². The summed E-state index contributed by atoms with van der Waals surface area (Å²) in [4.78, 5) is 19.0. The fourth-order valence-electron chi connectivity index (χ4n) is 3.23. The number of thiazole rings is 1. The Hall–Kier alpha value is -2.41. The van der Waals surface area contributed by atoms with Crippen LogP contribution in [0.2, 0.25) is 0 Å². The van der Waals surface area contributed by atoms with Gasteiger partial charge in [-0.25, -0.2) is 9.78 Å². The molecule has 0 bridgehead atoms. The number of hydrogen-bond acceptors (Lipinski definition) is 4. The maximum absolute atomic E-state index is 12.4. The molecule has 0 saturated carbocycles. The van der Waals surface area contributed by atoms with Gasteiger partial charge in [-0.3, -0.25) is 5.10 Å². The zero-order valence-electron chi connectivity index (χ0n) is 14.2. The minimum atomic E-state index is 0.00310. The van der Waals surface area contributed by atoms with E-state index in [9.17, 15) is 4.79 Å². The lowest BCUT2D eigenvalue weighted by Gasteiger charge is -2.31. The first kappa shape index (κ1) is 16.1. The van der Waals surface area contributed by atoms with E-state index in [4.69, 9.17) is 4.98 Å². The first-order valence-electron chi connectivity index (χ1n) is 8.58. The third-order valence-corrected chi connectivity index (χ3v) is 6.01. The number of nitrogens with zero attached hydrogens (tertiary/aromatic N) is 3. The molecule has 1 fully saturated rings. The molecule has 0 aliphatic carbocycles. The molecule has 3 aromatic rings. The normalized spacial score (nSPS) is 15.6. The Bertz CT molecular complexity index is 845. The summed E-state index contributed by atoms with van der Waals surface area (Å²) in [6.07, 6.45) is 3.70. The van der Waals surface area contributed by atoms with Crippen LogP contribution in [0.3, 0.4) is 0 Å². The van der Waals surface area contributed by atoms with Crippen molar-refractivity contribution in [1.29, 1.82) is 0 Å². The number of fused-ring (bicyclic) bond motifs is 1. The monoisotopic (exact) mass is 355 g/mol. The van der Waals surface area contributed by atoms with Crippen LogP contribution in [0.1, 0.15) is 35.0 Å². The van der Waals surface area contributed by atoms with Gasteiger partial charge in [0.1, 0.15) is 0 Å². The Labute approximate surface area is 150 Å². The summed E-state index contributed by atoms with van der Waals surface area (Å²) in [6, 6.07) is 8.27. The fraction of sp³-hybridized carbons (Fsp3) is 0.389. The first-order valence-corrected chi connectivity index (χ1v) is 9.39. The molecule has 1 saturated heterocycles. The Morgan fingerprint density at radius 2 is 2.16 bits per heavy atom. The van der Waals surface area contributed by atoms with Crippen molar-refractivity contribution in [3.63, 3.8) is 0 Å². The molecule has 2 N–H and O–H groups in total. The highest BCUT2D eigenvalue weighted by atomic mass is 32.1. The average molecular weight is 355 g/mol. The topological polar surface area (TPSA) is 73.9 Å². The van der Waals surface area contributed by atoms with E-state index in [1.165, 1.54) is 9.71 Å². The van der Waals surface area contributed by atoms with Crippen LogP contribution in [0.25, 0.3) is 10.2 Å². The van der Waals surface area contributed by atoms with Crippen LogP contribution in [0.4, 0.5) is 4.79 Å². The van der Waals surface area contributed by atoms with Crippen LogP contribution in [0.15, 0.2) is 30.5 Å². The van der Waals surface area contributed by atoms with Crippen molar-refractivity contribution in [3.05, 3.63) is 46.7 Å². The summed E-state index contributed by atoms with van der Waals surface area (Å²) >= 11 is 1.78. The number of likely N-dealkylation sites (tertiary alicyclic amines) is 1. The minimum Gasteiger partial charge on any atom is -0.334 e. The van der Waals surface area contributed by atoms with Crippen molar-refractivity contribution >= 4 is 27.6 Å². The molecule has 4 rings (SSSR count). The summed E-state index contributed by atoms with van der Waals surface area (Å²) in [5.41, 5.74) is 3.10. The molecule has 1 aromatic carbocycles. The molecule has 130 valence electrons. The van der Waals surface area contributed by atoms with Crippen LogP contribution in [0.5, 0.6) is 0 Å². The highest BCUT2D eigenvalue weighted by Crippen LogP contribution is 2.33. The second-order valence-electron chi connectivity index (χ2n) is 6.46. The lowest BCUT2D eigenvalue weighted by molar-refractivity contribution is 0.181. The van der Waals surface area contributed by atoms with Gasteiger partial charge in [0, 0.05) is 36.8 Å². The molecule has 25 heavy (non-hydrogen) atoms. The number of para-hydroxylation sites is 1. The molecule has 0 spiro atoms. The molecule has 2 aromatic heterocycles. The zero-order chi connectivity index (χ0) is 17.2. The number of hydrogen-bond donors (Lipinski definition) is 2. The highest BCUT2D eigenvalue weighted by molar-refractivity contribution is 7.18. The standard InChI is InChI=1S/C18H21N5OS/c1-12-14(11-20-22-12)10-19-18(24)23-8-6-13(7-9-23)17-21-15-4-2-3-5-16(15)25-17/h2-5,11,13H,6-10H2,1H3,(H,19,24)(H,20,22). The number of rotatable bonds is 3. The lowest BCUT2D eigenvalue weighted by atomic mass is 9.98. The molecule has 1 aliphatic heterocycles. The van der Waals surface area contributed by atoms with Gasteiger partial charge in [0.05, 0.1) is 21.4 Å². The molecular formula is C18H21N5OS. The van der Waals surface area contributed by atoms with E-state index >= 15 is 0 Å². The number of nitrogens with one attached hydrogen (secondary N) is 2. The van der Waals surface area contributed by atoms with E-state index in [0.717, 1.165) is 42.7 Å². The number of H-pyrrole nitrogens is 1. The van der Waals surface area contributed by atoms with E-state index in [-0.39, 0.29) is 6.03 Å². The molecule has 0 radical (unpaired) electrons. The Morgan fingerprint density at radius 1 is 1.36 bits per heavy atom. The van der Waals surface area contributed by atoms with Gasteiger partial charge >= 0.3 is 6.03 Å². The first-order chi connectivity index (χ1) is 12.2. The quantitative estimate of drug-likeness (QED) is 0.756. The lowest BCUT2D eigenvalue weighted by Crippen LogP contribution is -2.43. The van der Waals surface area contributed by atoms with Crippen molar-refractivity contribution in [1.82, 2.24) is 25.4 Å². The Kier molecular flexibility index (Phi) is 4.40. The van der Waals surface area contributed by atoms with Crippen molar-refractivity contribution in [2.24, 2.45) is 0 Å². The SMILES string of the molecule is Cc1[nH]ncc1CNC(=O)N1CCC(c2nc3ccccc3s2)CC1. The molecule has 0 atom stereocenters. The number of urea groups is 1. The van der Waals surface area contributed by atoms with Gasteiger partial charge in [-0.15, -0.1) is 11.3 Å². The van der Waals surface area contributed by atoms with Gasteiger partial charge in [-0.2, -0.15) is 5.10 Å². The maximum Gasteiger partial charge on any atom is 0.317 e. The number of carbonyl (C=O) groups excluding carboxylic acids is 1. The third-order valence-electron chi connectivity index (χ3n) is 4.81. The van der Waals surface area contributed by atoms with E-state index in [1.54, 1.807) is 17.5 Å². The van der Waals surface area contributed by atoms with E-state index < -0.39 is 0 Å². The zero-order valence-corrected chi connectivity index (χ0v) is 15.0. The van der Waals surface area contributed by atoms with E-state index in [0.29, 0.717) is 12.5 Å². The van der Waals surface area contributed by atoms with Crippen LogP contribution < -0.4 is 5.32 Å². The van der Waals surface area contributed by atoms with Crippen LogP contribution in [-0.4, -0.2) is 39.2 Å². The maximum atomic E-state index is 12.4. The second kappa shape index (κ2) is 6.84. The van der Waals surface area contributed by atoms with Gasteiger partial charge in [-0.05, 0) is 31.9 Å². The Morgan fingerprint density at radius 3 is 2.88 bits per heavy atom. The number of carbonyl (C=O) groups is 1. The molecule has 7 heteroatoms. The van der Waals surface area contributed by atoms with Gasteiger partial charge < -0.3 is 10.2 Å². The van der Waals surface area contributed by atoms with Gasteiger partial charge in [-0.1, -0.05) is 12.1 Å². The summed E-state index contributed by atoms with van der Waals surface area (Å²) in [6.45, 7) is 4.02. The van der Waals surface area contributed by atoms with Crippen molar-refractivity contribution in [2.75, 3.05) is 13.1 Å². The number of aryl methyl sites for hydroxylation is 1. The van der Waals surface area contributed by atoms with Crippen molar-refractivity contribution < 1.29 is 4.79 Å². The molecule has 2 amide bonds. The number of benzene rings is 1. The predicted molar refractivity (Wildman–Crippen MR) is 98.7 cm³/mol. The minimum absolute atomic E-state index is 0.00310. The van der Waals surface area contributed by atoms with Gasteiger partial charge in [0.15, 0.2) is 0 Å². The predicted octanol–water partition coefficient (Wildman–Crippen LogP) is 3.42. The van der Waals surface area contributed by atoms with Crippen molar-refractivity contribution in [2.45, 2.75) is 32.2 Å². The fourth-order valence-corrected chi connectivity index (χ4v) is 4.37. The van der Waals surface area contributed by atoms with E-state index in [2.05, 4.69) is 33.7 Å². The van der Waals surface area contributed by atoms with Crippen LogP contribution in [0, 0.1) is 6.92 Å². The number of piperidine rings is 1. The summed E-state index contributed by atoms with van der Waals surface area (Å²) < 4.78 is 1.24. The van der Waals surface area contributed by atoms with Crippen LogP contribution >= 0.6 is 11.3 Å². The molecule has 1 aliphatic rings. The average Bonchev–Trinajstić information content (AvgIpc) is 3.25. The smallest absolute Gasteiger partial charge is 0.317 e.